The minimum absolute atomic E-state index is 0.0429. The molecule has 0 aliphatic carbocycles. The quantitative estimate of drug-likeness (QED) is 0.596. The van der Waals surface area contributed by atoms with E-state index in [2.05, 4.69) is 4.98 Å². The lowest BCUT2D eigenvalue weighted by molar-refractivity contribution is -0.375. The Morgan fingerprint density at radius 2 is 2.08 bits per heavy atom. The summed E-state index contributed by atoms with van der Waals surface area (Å²) in [7, 11) is 0. The highest BCUT2D eigenvalue weighted by atomic mass is 16.3. The molecule has 0 aliphatic heterocycles. The Morgan fingerprint density at radius 1 is 1.31 bits per heavy atom. The van der Waals surface area contributed by atoms with Crippen LogP contribution in [0.25, 0.3) is 10.8 Å². The third-order valence-electron chi connectivity index (χ3n) is 2.19. The molecule has 2 rings (SSSR count). The van der Waals surface area contributed by atoms with E-state index in [1.807, 2.05) is 6.07 Å². The number of phenolic OH excluding ortho intramolecular Hbond substituents is 2. The van der Waals surface area contributed by atoms with Crippen molar-refractivity contribution in [2.75, 3.05) is 0 Å². The second-order valence-corrected chi connectivity index (χ2v) is 3.02. The van der Waals surface area contributed by atoms with E-state index in [1.165, 1.54) is 6.07 Å². The Morgan fingerprint density at radius 3 is 2.85 bits per heavy atom. The lowest BCUT2D eigenvalue weighted by Crippen LogP contribution is -1.97. The number of aromatic hydroxyl groups is 2. The second-order valence-electron chi connectivity index (χ2n) is 3.02. The monoisotopic (exact) mass is 176 g/mol. The molecule has 1 aromatic heterocycles. The second kappa shape index (κ2) is 2.62. The number of fused-ring (bicyclic) bond motifs is 1. The molecule has 0 fully saturated rings. The number of hydrogen-bond acceptors (Lipinski definition) is 2. The van der Waals surface area contributed by atoms with E-state index in [4.69, 9.17) is 0 Å². The van der Waals surface area contributed by atoms with Crippen LogP contribution in [0, 0.1) is 6.92 Å². The van der Waals surface area contributed by atoms with Crippen LogP contribution in [0.15, 0.2) is 24.5 Å². The molecule has 66 valence electrons. The summed E-state index contributed by atoms with van der Waals surface area (Å²) in [4.78, 5) is 2.92. The summed E-state index contributed by atoms with van der Waals surface area (Å²) in [5.74, 6) is -0.122. The number of rotatable bonds is 0. The van der Waals surface area contributed by atoms with Gasteiger partial charge >= 0.3 is 0 Å². The van der Waals surface area contributed by atoms with Gasteiger partial charge in [0.05, 0.1) is 0 Å². The van der Waals surface area contributed by atoms with E-state index in [0.29, 0.717) is 5.56 Å². The first-order valence-electron chi connectivity index (χ1n) is 4.01. The van der Waals surface area contributed by atoms with Crippen LogP contribution < -0.4 is 4.98 Å². The number of nitrogens with one attached hydrogen (secondary N) is 1. The Hall–Kier alpha value is -1.77. The van der Waals surface area contributed by atoms with Gasteiger partial charge in [-0.1, -0.05) is 0 Å². The Bertz CT molecular complexity index is 466. The van der Waals surface area contributed by atoms with Crippen LogP contribution in [-0.4, -0.2) is 10.2 Å². The van der Waals surface area contributed by atoms with Gasteiger partial charge in [-0.15, -0.1) is 0 Å². The van der Waals surface area contributed by atoms with Crippen molar-refractivity contribution in [3.63, 3.8) is 0 Å². The Labute approximate surface area is 75.3 Å². The predicted octanol–water partition coefficient (Wildman–Crippen LogP) is 1.37. The highest BCUT2D eigenvalue weighted by Crippen LogP contribution is 2.33. The molecule has 0 radical (unpaired) electrons. The molecule has 0 atom stereocenters. The fourth-order valence-electron chi connectivity index (χ4n) is 1.44. The number of aromatic amines is 1. The minimum atomic E-state index is -0.0791. The van der Waals surface area contributed by atoms with Crippen molar-refractivity contribution in [1.82, 2.24) is 0 Å². The van der Waals surface area contributed by atoms with E-state index in [-0.39, 0.29) is 11.5 Å². The van der Waals surface area contributed by atoms with Crippen LogP contribution in [-0.2, 0) is 0 Å². The van der Waals surface area contributed by atoms with Gasteiger partial charge in [0.15, 0.2) is 23.9 Å². The van der Waals surface area contributed by atoms with Crippen molar-refractivity contribution in [2.24, 2.45) is 0 Å². The normalized spacial score (nSPS) is 10.5. The molecular formula is C10H10NO2+. The molecular weight excluding hydrogens is 166 g/mol. The summed E-state index contributed by atoms with van der Waals surface area (Å²) in [6, 6.07) is 3.40. The first-order chi connectivity index (χ1) is 6.20. The van der Waals surface area contributed by atoms with Gasteiger partial charge in [-0.25, -0.2) is 4.98 Å². The first kappa shape index (κ1) is 7.86. The molecule has 0 bridgehead atoms. The number of hydrogen-bond donors (Lipinski definition) is 2. The van der Waals surface area contributed by atoms with E-state index >= 15 is 0 Å². The van der Waals surface area contributed by atoms with Crippen molar-refractivity contribution >= 4 is 10.8 Å². The molecule has 2 aromatic rings. The molecule has 0 spiro atoms. The number of H-pyrrole nitrogens is 1. The molecule has 3 N–H and O–H groups in total. The largest absolute Gasteiger partial charge is 0.504 e. The van der Waals surface area contributed by atoms with Crippen molar-refractivity contribution in [2.45, 2.75) is 6.92 Å². The molecule has 0 unspecified atom stereocenters. The molecule has 0 saturated carbocycles. The van der Waals surface area contributed by atoms with Crippen LogP contribution >= 0.6 is 0 Å². The van der Waals surface area contributed by atoms with Crippen molar-refractivity contribution in [1.29, 1.82) is 0 Å². The zero-order chi connectivity index (χ0) is 9.42. The Balaban J connectivity index is 2.94. The standard InChI is InChI=1S/C10H9NO2/c1-6-8-2-3-11-5-7(8)4-9(12)10(6)13/h2-5,12-13H,1H3/p+1. The highest BCUT2D eigenvalue weighted by Gasteiger charge is 2.08. The number of aryl methyl sites for hydroxylation is 1. The summed E-state index contributed by atoms with van der Waals surface area (Å²) >= 11 is 0. The first-order valence-corrected chi connectivity index (χ1v) is 4.01. The zero-order valence-corrected chi connectivity index (χ0v) is 7.20. The van der Waals surface area contributed by atoms with Crippen LogP contribution in [0.5, 0.6) is 11.5 Å². The van der Waals surface area contributed by atoms with Crippen molar-refractivity contribution in [3.8, 4) is 11.5 Å². The fraction of sp³-hybridized carbons (Fsp3) is 0.100. The zero-order valence-electron chi connectivity index (χ0n) is 7.20. The summed E-state index contributed by atoms with van der Waals surface area (Å²) in [5, 5.41) is 20.6. The third-order valence-corrected chi connectivity index (χ3v) is 2.19. The van der Waals surface area contributed by atoms with Gasteiger partial charge in [-0.3, -0.25) is 0 Å². The summed E-state index contributed by atoms with van der Waals surface area (Å²) in [6.07, 6.45) is 3.56. The summed E-state index contributed by atoms with van der Waals surface area (Å²) in [5.41, 5.74) is 0.698. The third kappa shape index (κ3) is 1.09. The maximum Gasteiger partial charge on any atom is 0.175 e. The molecule has 1 aromatic carbocycles. The minimum Gasteiger partial charge on any atom is -0.504 e. The van der Waals surface area contributed by atoms with Gasteiger partial charge in [0, 0.05) is 22.4 Å². The van der Waals surface area contributed by atoms with E-state index in [1.54, 1.807) is 19.3 Å². The van der Waals surface area contributed by atoms with Gasteiger partial charge < -0.3 is 10.2 Å². The lowest BCUT2D eigenvalue weighted by Gasteiger charge is -2.03. The number of benzene rings is 1. The maximum atomic E-state index is 9.44. The molecule has 0 saturated heterocycles. The van der Waals surface area contributed by atoms with Gasteiger partial charge in [0.25, 0.3) is 0 Å². The van der Waals surface area contributed by atoms with E-state index in [9.17, 15) is 10.2 Å². The van der Waals surface area contributed by atoms with Crippen LogP contribution in [0.3, 0.4) is 0 Å². The molecule has 0 amide bonds. The molecule has 0 aliphatic rings. The van der Waals surface area contributed by atoms with Crippen LogP contribution in [0.4, 0.5) is 0 Å². The summed E-state index contributed by atoms with van der Waals surface area (Å²) in [6.45, 7) is 1.78. The smallest absolute Gasteiger partial charge is 0.175 e. The Kier molecular flexibility index (Phi) is 1.59. The van der Waals surface area contributed by atoms with Gasteiger partial charge in [0.2, 0.25) is 0 Å². The topological polar surface area (TPSA) is 54.6 Å². The van der Waals surface area contributed by atoms with Crippen LogP contribution in [0.2, 0.25) is 0 Å². The number of phenols is 2. The molecule has 1 heterocycles. The number of pyridine rings is 1. The van der Waals surface area contributed by atoms with Gasteiger partial charge in [-0.05, 0) is 13.0 Å². The molecule has 3 nitrogen and oxygen atoms in total. The molecule has 13 heavy (non-hydrogen) atoms. The van der Waals surface area contributed by atoms with Gasteiger partial charge in [0.1, 0.15) is 0 Å². The lowest BCUT2D eigenvalue weighted by atomic mass is 10.1. The van der Waals surface area contributed by atoms with Crippen molar-refractivity contribution in [3.05, 3.63) is 30.1 Å². The summed E-state index contributed by atoms with van der Waals surface area (Å²) < 4.78 is 0. The highest BCUT2D eigenvalue weighted by molar-refractivity contribution is 5.88. The van der Waals surface area contributed by atoms with E-state index in [0.717, 1.165) is 10.8 Å². The van der Waals surface area contributed by atoms with Crippen LogP contribution in [0.1, 0.15) is 5.56 Å². The van der Waals surface area contributed by atoms with Gasteiger partial charge in [-0.2, -0.15) is 0 Å². The average molecular weight is 176 g/mol. The van der Waals surface area contributed by atoms with Crippen molar-refractivity contribution < 1.29 is 15.2 Å². The average Bonchev–Trinajstić information content (AvgIpc) is 2.15. The fourth-order valence-corrected chi connectivity index (χ4v) is 1.44. The predicted molar refractivity (Wildman–Crippen MR) is 48.6 cm³/mol. The maximum absolute atomic E-state index is 9.44. The number of aromatic nitrogens is 1. The SMILES string of the molecule is Cc1c(O)c(O)cc2c[nH+]ccc12. The molecule has 3 heteroatoms. The van der Waals surface area contributed by atoms with E-state index < -0.39 is 0 Å².